The lowest BCUT2D eigenvalue weighted by molar-refractivity contribution is -0.362. The van der Waals surface area contributed by atoms with Gasteiger partial charge in [0.2, 0.25) is 5.79 Å². The monoisotopic (exact) mass is 456 g/mol. The second-order valence-corrected chi connectivity index (χ2v) is 9.73. The van der Waals surface area contributed by atoms with E-state index in [4.69, 9.17) is 9.47 Å². The minimum Gasteiger partial charge on any atom is -0.388 e. The van der Waals surface area contributed by atoms with Gasteiger partial charge in [0.25, 0.3) is 0 Å². The van der Waals surface area contributed by atoms with Gasteiger partial charge in [-0.25, -0.2) is 4.39 Å². The molecule has 1 spiro atoms. The van der Waals surface area contributed by atoms with E-state index in [0.717, 1.165) is 26.4 Å². The summed E-state index contributed by atoms with van der Waals surface area (Å²) in [6.07, 6.45) is -4.07. The smallest absolute Gasteiger partial charge is 0.225 e. The van der Waals surface area contributed by atoms with Crippen LogP contribution in [0.3, 0.4) is 0 Å². The molecule has 1 saturated heterocycles. The molecule has 0 bridgehead atoms. The van der Waals surface area contributed by atoms with Crippen molar-refractivity contribution in [2.45, 2.75) is 57.1 Å². The number of benzene rings is 2. The van der Waals surface area contributed by atoms with Crippen LogP contribution in [-0.2, 0) is 28.3 Å². The Morgan fingerprint density at radius 2 is 1.88 bits per heavy atom. The number of fused-ring (bicyclic) bond motifs is 2. The summed E-state index contributed by atoms with van der Waals surface area (Å²) in [5.74, 6) is -1.75. The molecule has 168 valence electrons. The van der Waals surface area contributed by atoms with E-state index in [1.165, 1.54) is 6.07 Å². The van der Waals surface area contributed by atoms with E-state index >= 15 is 0 Å². The summed E-state index contributed by atoms with van der Waals surface area (Å²) in [6, 6.07) is 14.6. The molecule has 3 heterocycles. The van der Waals surface area contributed by atoms with Crippen molar-refractivity contribution in [1.82, 2.24) is 0 Å². The number of aliphatic hydroxyl groups excluding tert-OH is 3. The third-order valence-corrected chi connectivity index (χ3v) is 7.57. The third-order valence-electron chi connectivity index (χ3n) is 6.45. The van der Waals surface area contributed by atoms with E-state index < -0.39 is 30.2 Å². The average Bonchev–Trinajstić information content (AvgIpc) is 3.37. The van der Waals surface area contributed by atoms with Crippen LogP contribution in [0.25, 0.3) is 10.4 Å². The maximum atomic E-state index is 14.2. The highest BCUT2D eigenvalue weighted by Crippen LogP contribution is 2.46. The molecule has 7 heteroatoms. The third kappa shape index (κ3) is 3.41. The molecule has 2 aromatic carbocycles. The fourth-order valence-electron chi connectivity index (χ4n) is 4.62. The molecule has 0 radical (unpaired) electrons. The lowest BCUT2D eigenvalue weighted by Gasteiger charge is -2.45. The van der Waals surface area contributed by atoms with Crippen molar-refractivity contribution < 1.29 is 29.2 Å². The van der Waals surface area contributed by atoms with Gasteiger partial charge in [-0.3, -0.25) is 0 Å². The molecule has 3 aromatic rings. The van der Waals surface area contributed by atoms with Crippen molar-refractivity contribution in [1.29, 1.82) is 0 Å². The Bertz CT molecular complexity index is 1160. The Morgan fingerprint density at radius 3 is 2.66 bits per heavy atom. The van der Waals surface area contributed by atoms with Gasteiger partial charge >= 0.3 is 0 Å². The highest BCUT2D eigenvalue weighted by Gasteiger charge is 2.57. The second-order valence-electron chi connectivity index (χ2n) is 8.56. The summed E-state index contributed by atoms with van der Waals surface area (Å²) in [5, 5.41) is 31.2. The number of rotatable bonds is 3. The van der Waals surface area contributed by atoms with Crippen LogP contribution in [-0.4, -0.2) is 39.7 Å². The summed E-state index contributed by atoms with van der Waals surface area (Å²) in [4.78, 5) is 1.95. The van der Waals surface area contributed by atoms with E-state index in [1.54, 1.807) is 30.4 Å². The SMILES string of the molecule is Cc1cc2c(cc1Cc1ccc(-c3ccccc3F)s1)[C@]1(OC2)O[C@H](C)[C@@H](O)[C@H](O)[C@H]1O. The number of hydrogen-bond donors (Lipinski definition) is 3. The first-order valence-electron chi connectivity index (χ1n) is 10.6. The zero-order chi connectivity index (χ0) is 22.6. The van der Waals surface area contributed by atoms with Gasteiger partial charge in [0.1, 0.15) is 24.1 Å². The van der Waals surface area contributed by atoms with Gasteiger partial charge in [-0.1, -0.05) is 24.3 Å². The second kappa shape index (κ2) is 8.02. The molecule has 0 saturated carbocycles. The molecular weight excluding hydrogens is 431 g/mol. The molecule has 1 fully saturated rings. The van der Waals surface area contributed by atoms with Gasteiger partial charge in [-0.15, -0.1) is 11.3 Å². The lowest BCUT2D eigenvalue weighted by atomic mass is 9.86. The van der Waals surface area contributed by atoms with Gasteiger partial charge < -0.3 is 24.8 Å². The molecule has 2 aliphatic rings. The predicted molar refractivity (Wildman–Crippen MR) is 119 cm³/mol. The van der Waals surface area contributed by atoms with E-state index in [9.17, 15) is 19.7 Å². The minimum absolute atomic E-state index is 0.244. The van der Waals surface area contributed by atoms with Crippen LogP contribution in [0.4, 0.5) is 4.39 Å². The standard InChI is InChI=1S/C25H25FO5S/c1-13-9-16-12-30-25(24(29)23(28)22(27)14(2)31-25)19(16)11-15(13)10-17-7-8-21(32-17)18-5-3-4-6-20(18)26/h3-9,11,14,22-24,27-29H,10,12H2,1-2H3/t14-,22-,23+,24-,25+/m1/s1. The number of hydrogen-bond acceptors (Lipinski definition) is 6. The summed E-state index contributed by atoms with van der Waals surface area (Å²) in [5.41, 5.74) is 4.25. The van der Waals surface area contributed by atoms with Crippen LogP contribution in [0.15, 0.2) is 48.5 Å². The molecule has 0 unspecified atom stereocenters. The highest BCUT2D eigenvalue weighted by molar-refractivity contribution is 7.15. The first-order chi connectivity index (χ1) is 15.3. The van der Waals surface area contributed by atoms with E-state index in [2.05, 4.69) is 0 Å². The van der Waals surface area contributed by atoms with Crippen LogP contribution in [0.1, 0.15) is 34.1 Å². The summed E-state index contributed by atoms with van der Waals surface area (Å²) >= 11 is 1.54. The Balaban J connectivity index is 1.48. The summed E-state index contributed by atoms with van der Waals surface area (Å²) in [6.45, 7) is 3.92. The number of halogens is 1. The Labute approximate surface area is 189 Å². The van der Waals surface area contributed by atoms with E-state index in [0.29, 0.717) is 17.5 Å². The zero-order valence-corrected chi connectivity index (χ0v) is 18.6. The number of ether oxygens (including phenoxy) is 2. The minimum atomic E-state index is -1.51. The molecule has 3 N–H and O–H groups in total. The molecule has 2 aliphatic heterocycles. The van der Waals surface area contributed by atoms with Crippen LogP contribution in [0.2, 0.25) is 0 Å². The number of aryl methyl sites for hydroxylation is 1. The Hall–Kier alpha value is -2.13. The van der Waals surface area contributed by atoms with Crippen molar-refractivity contribution in [3.05, 3.63) is 81.5 Å². The van der Waals surface area contributed by atoms with Crippen LogP contribution >= 0.6 is 11.3 Å². The van der Waals surface area contributed by atoms with Gasteiger partial charge in [-0.05, 0) is 54.8 Å². The average molecular weight is 457 g/mol. The van der Waals surface area contributed by atoms with Crippen molar-refractivity contribution in [3.63, 3.8) is 0 Å². The molecule has 32 heavy (non-hydrogen) atoms. The van der Waals surface area contributed by atoms with Crippen LogP contribution in [0.5, 0.6) is 0 Å². The molecule has 5 rings (SSSR count). The zero-order valence-electron chi connectivity index (χ0n) is 17.8. The first kappa shape index (κ1) is 21.7. The van der Waals surface area contributed by atoms with Gasteiger partial charge in [0.15, 0.2) is 0 Å². The molecular formula is C25H25FO5S. The van der Waals surface area contributed by atoms with Crippen molar-refractivity contribution in [2.75, 3.05) is 0 Å². The summed E-state index contributed by atoms with van der Waals surface area (Å²) < 4.78 is 26.0. The largest absolute Gasteiger partial charge is 0.388 e. The maximum Gasteiger partial charge on any atom is 0.225 e. The van der Waals surface area contributed by atoms with Crippen molar-refractivity contribution in [2.24, 2.45) is 0 Å². The van der Waals surface area contributed by atoms with Crippen molar-refractivity contribution in [3.8, 4) is 10.4 Å². The van der Waals surface area contributed by atoms with Gasteiger partial charge in [-0.2, -0.15) is 0 Å². The first-order valence-corrected chi connectivity index (χ1v) is 11.4. The molecule has 1 aromatic heterocycles. The fraction of sp³-hybridized carbons (Fsp3) is 0.360. The molecule has 5 atom stereocenters. The van der Waals surface area contributed by atoms with Gasteiger partial charge in [0.05, 0.1) is 12.7 Å². The molecule has 0 amide bonds. The molecule has 0 aliphatic carbocycles. The van der Waals surface area contributed by atoms with E-state index in [1.807, 2.05) is 37.3 Å². The highest BCUT2D eigenvalue weighted by atomic mass is 32.1. The Morgan fingerprint density at radius 1 is 1.09 bits per heavy atom. The van der Waals surface area contributed by atoms with Crippen LogP contribution < -0.4 is 0 Å². The topological polar surface area (TPSA) is 79.2 Å². The van der Waals surface area contributed by atoms with E-state index in [-0.39, 0.29) is 12.4 Å². The van der Waals surface area contributed by atoms with Gasteiger partial charge in [0, 0.05) is 27.3 Å². The predicted octanol–water partition coefficient (Wildman–Crippen LogP) is 3.64. The normalized spacial score (nSPS) is 29.4. The van der Waals surface area contributed by atoms with Crippen molar-refractivity contribution >= 4 is 11.3 Å². The summed E-state index contributed by atoms with van der Waals surface area (Å²) in [7, 11) is 0. The Kier molecular flexibility index (Phi) is 5.44. The molecule has 5 nitrogen and oxygen atoms in total. The maximum absolute atomic E-state index is 14.2. The number of aliphatic hydroxyl groups is 3. The fourth-order valence-corrected chi connectivity index (χ4v) is 5.68. The lowest BCUT2D eigenvalue weighted by Crippen LogP contribution is -2.62. The number of thiophene rings is 1. The van der Waals surface area contributed by atoms with Crippen LogP contribution in [0, 0.1) is 12.7 Å². The quantitative estimate of drug-likeness (QED) is 0.561.